The van der Waals surface area contributed by atoms with Gasteiger partial charge < -0.3 is 10.0 Å². The van der Waals surface area contributed by atoms with Gasteiger partial charge in [-0.3, -0.25) is 4.79 Å². The van der Waals surface area contributed by atoms with Crippen LogP contribution in [0.1, 0.15) is 44.5 Å². The predicted molar refractivity (Wildman–Crippen MR) is 83.2 cm³/mol. The highest BCUT2D eigenvalue weighted by Crippen LogP contribution is 2.12. The van der Waals surface area contributed by atoms with Crippen molar-refractivity contribution in [1.29, 1.82) is 0 Å². The highest BCUT2D eigenvalue weighted by atomic mass is 16.3. The van der Waals surface area contributed by atoms with Crippen molar-refractivity contribution in [3.05, 3.63) is 29.8 Å². The minimum Gasteiger partial charge on any atom is -0.508 e. The molecular formula is C17H27NO2. The molecule has 0 aliphatic rings. The molecule has 0 atom stereocenters. The molecule has 1 rings (SSSR count). The monoisotopic (exact) mass is 277 g/mol. The van der Waals surface area contributed by atoms with Crippen LogP contribution in [-0.4, -0.2) is 35.4 Å². The third-order valence-electron chi connectivity index (χ3n) is 3.09. The van der Waals surface area contributed by atoms with Crippen LogP contribution >= 0.6 is 0 Å². The highest BCUT2D eigenvalue weighted by Gasteiger charge is 2.12. The Kier molecular flexibility index (Phi) is 6.73. The topological polar surface area (TPSA) is 40.5 Å². The second-order valence-corrected chi connectivity index (χ2v) is 6.27. The number of phenols is 1. The average molecular weight is 277 g/mol. The third-order valence-corrected chi connectivity index (χ3v) is 3.09. The quantitative estimate of drug-likeness (QED) is 0.738. The van der Waals surface area contributed by atoms with Gasteiger partial charge in [-0.2, -0.15) is 0 Å². The molecule has 20 heavy (non-hydrogen) atoms. The largest absolute Gasteiger partial charge is 0.508 e. The molecule has 1 aromatic rings. The Balaban J connectivity index is 2.53. The van der Waals surface area contributed by atoms with Crippen molar-refractivity contribution in [3.63, 3.8) is 0 Å². The van der Waals surface area contributed by atoms with Crippen LogP contribution in [0.15, 0.2) is 24.3 Å². The first-order valence-electron chi connectivity index (χ1n) is 7.43. The summed E-state index contributed by atoms with van der Waals surface area (Å²) in [5, 5.41) is 9.24. The fourth-order valence-corrected chi connectivity index (χ4v) is 2.34. The number of phenolic OH excluding ortho intramolecular Hbond substituents is 1. The van der Waals surface area contributed by atoms with Crippen molar-refractivity contribution in [1.82, 2.24) is 4.90 Å². The zero-order valence-corrected chi connectivity index (χ0v) is 13.1. The Morgan fingerprint density at radius 2 is 1.55 bits per heavy atom. The number of carbonyl (C=O) groups excluding carboxylic acids is 1. The van der Waals surface area contributed by atoms with Crippen LogP contribution in [0.4, 0.5) is 0 Å². The molecule has 0 bridgehead atoms. The molecule has 1 aromatic carbocycles. The maximum Gasteiger partial charge on any atom is 0.164 e. The molecule has 0 unspecified atom stereocenters. The van der Waals surface area contributed by atoms with Gasteiger partial charge in [0, 0.05) is 31.6 Å². The van der Waals surface area contributed by atoms with Crippen LogP contribution in [0, 0.1) is 11.8 Å². The standard InChI is InChI=1S/C17H27NO2/c1-13(2)11-18(12-14(3)4)10-9-17(20)15-5-7-16(19)8-6-15/h5-8,13-14,19H,9-12H2,1-4H3. The van der Waals surface area contributed by atoms with Crippen LogP contribution in [0.25, 0.3) is 0 Å². The van der Waals surface area contributed by atoms with E-state index in [2.05, 4.69) is 32.6 Å². The van der Waals surface area contributed by atoms with E-state index in [1.54, 1.807) is 24.3 Å². The number of carbonyl (C=O) groups is 1. The molecule has 0 saturated heterocycles. The van der Waals surface area contributed by atoms with Gasteiger partial charge in [-0.05, 0) is 36.1 Å². The number of hydrogen-bond donors (Lipinski definition) is 1. The van der Waals surface area contributed by atoms with Gasteiger partial charge in [0.1, 0.15) is 5.75 Å². The summed E-state index contributed by atoms with van der Waals surface area (Å²) in [5.41, 5.74) is 0.678. The van der Waals surface area contributed by atoms with E-state index in [1.807, 2.05) is 0 Å². The number of ketones is 1. The summed E-state index contributed by atoms with van der Waals surface area (Å²) in [6, 6.07) is 6.50. The third kappa shape index (κ3) is 6.20. The molecule has 3 nitrogen and oxygen atoms in total. The smallest absolute Gasteiger partial charge is 0.164 e. The summed E-state index contributed by atoms with van der Waals surface area (Å²) in [6.07, 6.45) is 0.532. The van der Waals surface area contributed by atoms with Crippen LogP contribution < -0.4 is 0 Å². The zero-order valence-electron chi connectivity index (χ0n) is 13.1. The lowest BCUT2D eigenvalue weighted by molar-refractivity contribution is 0.0956. The van der Waals surface area contributed by atoms with Crippen LogP contribution in [0.5, 0.6) is 5.75 Å². The van der Waals surface area contributed by atoms with Crippen molar-refractivity contribution in [2.45, 2.75) is 34.1 Å². The maximum absolute atomic E-state index is 12.1. The zero-order chi connectivity index (χ0) is 15.1. The van der Waals surface area contributed by atoms with Crippen molar-refractivity contribution >= 4 is 5.78 Å². The second-order valence-electron chi connectivity index (χ2n) is 6.27. The van der Waals surface area contributed by atoms with E-state index in [4.69, 9.17) is 0 Å². The normalized spacial score (nSPS) is 11.6. The molecule has 1 N–H and O–H groups in total. The fourth-order valence-electron chi connectivity index (χ4n) is 2.34. The number of rotatable bonds is 8. The second kappa shape index (κ2) is 8.05. The lowest BCUT2D eigenvalue weighted by Crippen LogP contribution is -2.33. The van der Waals surface area contributed by atoms with Crippen molar-refractivity contribution < 1.29 is 9.90 Å². The predicted octanol–water partition coefficient (Wildman–Crippen LogP) is 3.58. The molecule has 0 radical (unpaired) electrons. The lowest BCUT2D eigenvalue weighted by atomic mass is 10.1. The molecule has 0 aromatic heterocycles. The Hall–Kier alpha value is -1.35. The summed E-state index contributed by atoms with van der Waals surface area (Å²) in [7, 11) is 0. The summed E-state index contributed by atoms with van der Waals surface area (Å²) < 4.78 is 0. The first kappa shape index (κ1) is 16.7. The molecule has 0 fully saturated rings. The van der Waals surface area contributed by atoms with E-state index < -0.39 is 0 Å². The van der Waals surface area contributed by atoms with E-state index in [1.165, 1.54) is 0 Å². The molecule has 0 aliphatic heterocycles. The molecule has 3 heteroatoms. The fraction of sp³-hybridized carbons (Fsp3) is 0.588. The molecule has 0 amide bonds. The molecular weight excluding hydrogens is 250 g/mol. The van der Waals surface area contributed by atoms with E-state index in [0.717, 1.165) is 19.6 Å². The number of aromatic hydroxyl groups is 1. The number of Topliss-reactive ketones (excluding diaryl/α,β-unsaturated/α-hetero) is 1. The average Bonchev–Trinajstić information content (AvgIpc) is 2.35. The van der Waals surface area contributed by atoms with Gasteiger partial charge in [0.05, 0.1) is 0 Å². The molecule has 0 heterocycles. The van der Waals surface area contributed by atoms with E-state index in [-0.39, 0.29) is 11.5 Å². The first-order chi connectivity index (χ1) is 9.38. The summed E-state index contributed by atoms with van der Waals surface area (Å²) >= 11 is 0. The summed E-state index contributed by atoms with van der Waals surface area (Å²) in [6.45, 7) is 11.7. The van der Waals surface area contributed by atoms with Gasteiger partial charge >= 0.3 is 0 Å². The summed E-state index contributed by atoms with van der Waals surface area (Å²) in [4.78, 5) is 14.5. The Morgan fingerprint density at radius 1 is 1.05 bits per heavy atom. The Bertz CT molecular complexity index is 400. The Labute approximate surface area is 122 Å². The van der Waals surface area contributed by atoms with Gasteiger partial charge in [-0.25, -0.2) is 0 Å². The molecule has 0 spiro atoms. The number of benzene rings is 1. The number of nitrogens with zero attached hydrogens (tertiary/aromatic N) is 1. The van der Waals surface area contributed by atoms with Gasteiger partial charge in [0.2, 0.25) is 0 Å². The van der Waals surface area contributed by atoms with Gasteiger partial charge in [-0.1, -0.05) is 27.7 Å². The van der Waals surface area contributed by atoms with E-state index >= 15 is 0 Å². The molecule has 112 valence electrons. The van der Waals surface area contributed by atoms with Crippen LogP contribution in [0.3, 0.4) is 0 Å². The highest BCUT2D eigenvalue weighted by molar-refractivity contribution is 5.96. The van der Waals surface area contributed by atoms with E-state index in [9.17, 15) is 9.90 Å². The van der Waals surface area contributed by atoms with Gasteiger partial charge in [-0.15, -0.1) is 0 Å². The first-order valence-corrected chi connectivity index (χ1v) is 7.43. The van der Waals surface area contributed by atoms with Crippen molar-refractivity contribution in [2.24, 2.45) is 11.8 Å². The summed E-state index contributed by atoms with van der Waals surface area (Å²) in [5.74, 6) is 1.56. The number of hydrogen-bond acceptors (Lipinski definition) is 3. The van der Waals surface area contributed by atoms with Gasteiger partial charge in [0.25, 0.3) is 0 Å². The van der Waals surface area contributed by atoms with Crippen LogP contribution in [0.2, 0.25) is 0 Å². The molecule has 0 saturated carbocycles. The van der Waals surface area contributed by atoms with Gasteiger partial charge in [0.15, 0.2) is 5.78 Å². The van der Waals surface area contributed by atoms with Crippen molar-refractivity contribution in [3.8, 4) is 5.75 Å². The van der Waals surface area contributed by atoms with Crippen molar-refractivity contribution in [2.75, 3.05) is 19.6 Å². The van der Waals surface area contributed by atoms with Crippen LogP contribution in [-0.2, 0) is 0 Å². The SMILES string of the molecule is CC(C)CN(CCC(=O)c1ccc(O)cc1)CC(C)C. The minimum atomic E-state index is 0.141. The Morgan fingerprint density at radius 3 is 2.00 bits per heavy atom. The van der Waals surface area contributed by atoms with E-state index in [0.29, 0.717) is 23.8 Å². The maximum atomic E-state index is 12.1. The lowest BCUT2D eigenvalue weighted by Gasteiger charge is -2.25. The molecule has 0 aliphatic carbocycles. The minimum absolute atomic E-state index is 0.141.